The van der Waals surface area contributed by atoms with Gasteiger partial charge in [-0.3, -0.25) is 0 Å². The van der Waals surface area contributed by atoms with Gasteiger partial charge in [0.1, 0.15) is 0 Å². The Balaban J connectivity index is 2.36. The molecule has 1 rings (SSSR count). The number of nitrogens with two attached hydrogens (primary N) is 1. The molecule has 1 aliphatic rings. The summed E-state index contributed by atoms with van der Waals surface area (Å²) in [5.41, 5.74) is 6.24. The molecule has 4 heteroatoms. The average molecular weight is 229 g/mol. The monoisotopic (exact) mass is 229 g/mol. The van der Waals surface area contributed by atoms with Gasteiger partial charge in [-0.25, -0.2) is 0 Å². The van der Waals surface area contributed by atoms with Gasteiger partial charge in [0, 0.05) is 32.8 Å². The van der Waals surface area contributed by atoms with Crippen LogP contribution in [0.4, 0.5) is 0 Å². The topological polar surface area (TPSA) is 41.7 Å². The minimum absolute atomic E-state index is 0.291. The van der Waals surface area contributed by atoms with Crippen LogP contribution in [0, 0.1) is 5.41 Å². The normalized spacial score (nSPS) is 20.6. The van der Waals surface area contributed by atoms with E-state index in [1.54, 1.807) is 0 Å². The van der Waals surface area contributed by atoms with E-state index in [4.69, 9.17) is 10.5 Å². The van der Waals surface area contributed by atoms with E-state index in [0.29, 0.717) is 5.41 Å². The third-order valence-corrected chi connectivity index (χ3v) is 3.52. The van der Waals surface area contributed by atoms with Gasteiger partial charge in [-0.15, -0.1) is 0 Å². The minimum Gasteiger partial charge on any atom is -0.381 e. The van der Waals surface area contributed by atoms with Crippen molar-refractivity contribution in [2.24, 2.45) is 11.1 Å². The molecular weight excluding hydrogens is 202 g/mol. The van der Waals surface area contributed by atoms with E-state index in [2.05, 4.69) is 30.9 Å². The van der Waals surface area contributed by atoms with Crippen LogP contribution in [0.25, 0.3) is 0 Å². The van der Waals surface area contributed by atoms with Gasteiger partial charge in [0.15, 0.2) is 0 Å². The molecule has 0 unspecified atom stereocenters. The summed E-state index contributed by atoms with van der Waals surface area (Å²) in [6.45, 7) is 5.84. The molecule has 96 valence electrons. The molecule has 0 spiro atoms. The summed E-state index contributed by atoms with van der Waals surface area (Å²) < 4.78 is 5.42. The van der Waals surface area contributed by atoms with E-state index in [1.165, 1.54) is 0 Å². The van der Waals surface area contributed by atoms with Crippen molar-refractivity contribution in [1.29, 1.82) is 0 Å². The van der Waals surface area contributed by atoms with Gasteiger partial charge >= 0.3 is 0 Å². The number of likely N-dealkylation sites (N-methyl/N-ethyl adjacent to an activating group) is 2. The van der Waals surface area contributed by atoms with Gasteiger partial charge in [0.25, 0.3) is 0 Å². The molecule has 0 aromatic rings. The number of rotatable bonds is 6. The molecule has 0 aromatic heterocycles. The van der Waals surface area contributed by atoms with Crippen LogP contribution in [0.2, 0.25) is 0 Å². The Hall–Kier alpha value is -0.160. The van der Waals surface area contributed by atoms with Gasteiger partial charge in [-0.1, -0.05) is 0 Å². The first-order valence-corrected chi connectivity index (χ1v) is 6.19. The van der Waals surface area contributed by atoms with Crippen LogP contribution in [0.5, 0.6) is 0 Å². The lowest BCUT2D eigenvalue weighted by molar-refractivity contribution is 0.00316. The minimum atomic E-state index is 0.291. The first-order chi connectivity index (χ1) is 7.58. The molecule has 2 N–H and O–H groups in total. The maximum Gasteiger partial charge on any atom is 0.0472 e. The molecule has 4 nitrogen and oxygen atoms in total. The van der Waals surface area contributed by atoms with Crippen molar-refractivity contribution in [3.63, 3.8) is 0 Å². The third-order valence-electron chi connectivity index (χ3n) is 3.52. The van der Waals surface area contributed by atoms with Gasteiger partial charge in [0.2, 0.25) is 0 Å². The summed E-state index contributed by atoms with van der Waals surface area (Å²) >= 11 is 0. The maximum absolute atomic E-state index is 5.95. The lowest BCUT2D eigenvalue weighted by Crippen LogP contribution is -2.46. The van der Waals surface area contributed by atoms with E-state index >= 15 is 0 Å². The summed E-state index contributed by atoms with van der Waals surface area (Å²) in [6.07, 6.45) is 2.21. The molecule has 0 atom stereocenters. The summed E-state index contributed by atoms with van der Waals surface area (Å²) in [5.74, 6) is 0. The zero-order chi connectivity index (χ0) is 12.0. The standard InChI is InChI=1S/C12H27N3O/c1-14(2)6-7-15(3)11-12(10-13)4-8-16-9-5-12/h4-11,13H2,1-3H3. The number of hydrogen-bond acceptors (Lipinski definition) is 4. The summed E-state index contributed by atoms with van der Waals surface area (Å²) in [7, 11) is 6.42. The van der Waals surface area contributed by atoms with Gasteiger partial charge in [-0.05, 0) is 45.9 Å². The fraction of sp³-hybridized carbons (Fsp3) is 1.00. The largest absolute Gasteiger partial charge is 0.381 e. The van der Waals surface area contributed by atoms with Crippen molar-refractivity contribution in [1.82, 2.24) is 9.80 Å². The maximum atomic E-state index is 5.95. The first-order valence-electron chi connectivity index (χ1n) is 6.19. The SMILES string of the molecule is CN(C)CCN(C)CC1(CN)CCOCC1. The molecule has 1 aliphatic heterocycles. The molecule has 1 fully saturated rings. The van der Waals surface area contributed by atoms with Crippen LogP contribution in [-0.2, 0) is 4.74 Å². The smallest absolute Gasteiger partial charge is 0.0472 e. The Labute approximate surface area is 99.7 Å². The van der Waals surface area contributed by atoms with Gasteiger partial charge < -0.3 is 20.3 Å². The predicted octanol–water partition coefficient (Wildman–Crippen LogP) is 0.235. The quantitative estimate of drug-likeness (QED) is 0.708. The number of nitrogens with zero attached hydrogens (tertiary/aromatic N) is 2. The molecule has 0 aliphatic carbocycles. The van der Waals surface area contributed by atoms with Crippen LogP contribution in [0.3, 0.4) is 0 Å². The molecule has 0 amide bonds. The van der Waals surface area contributed by atoms with Crippen LogP contribution >= 0.6 is 0 Å². The fourth-order valence-corrected chi connectivity index (χ4v) is 2.25. The van der Waals surface area contributed by atoms with Gasteiger partial charge in [0.05, 0.1) is 0 Å². The Bertz CT molecular complexity index is 191. The lowest BCUT2D eigenvalue weighted by atomic mass is 9.80. The molecule has 0 aromatic carbocycles. The Kier molecular flexibility index (Phi) is 5.69. The predicted molar refractivity (Wildman–Crippen MR) is 67.6 cm³/mol. The molecule has 1 heterocycles. The second kappa shape index (κ2) is 6.55. The van der Waals surface area contributed by atoms with Gasteiger partial charge in [-0.2, -0.15) is 0 Å². The second-order valence-corrected chi connectivity index (χ2v) is 5.36. The Morgan fingerprint density at radius 3 is 2.25 bits per heavy atom. The molecule has 16 heavy (non-hydrogen) atoms. The van der Waals surface area contributed by atoms with Crippen molar-refractivity contribution in [3.8, 4) is 0 Å². The lowest BCUT2D eigenvalue weighted by Gasteiger charge is -2.39. The van der Waals surface area contributed by atoms with Crippen molar-refractivity contribution >= 4 is 0 Å². The highest BCUT2D eigenvalue weighted by Gasteiger charge is 2.32. The van der Waals surface area contributed by atoms with E-state index in [9.17, 15) is 0 Å². The van der Waals surface area contributed by atoms with E-state index in [0.717, 1.165) is 52.2 Å². The molecule has 1 saturated heterocycles. The molecule has 0 radical (unpaired) electrons. The Morgan fingerprint density at radius 1 is 1.12 bits per heavy atom. The molecule has 0 saturated carbocycles. The van der Waals surface area contributed by atoms with Crippen LogP contribution in [-0.4, -0.2) is 70.3 Å². The van der Waals surface area contributed by atoms with Crippen LogP contribution < -0.4 is 5.73 Å². The van der Waals surface area contributed by atoms with Crippen LogP contribution in [0.15, 0.2) is 0 Å². The highest BCUT2D eigenvalue weighted by molar-refractivity contribution is 4.85. The van der Waals surface area contributed by atoms with Crippen molar-refractivity contribution in [2.45, 2.75) is 12.8 Å². The van der Waals surface area contributed by atoms with E-state index < -0.39 is 0 Å². The fourth-order valence-electron chi connectivity index (χ4n) is 2.25. The highest BCUT2D eigenvalue weighted by Crippen LogP contribution is 2.29. The second-order valence-electron chi connectivity index (χ2n) is 5.36. The number of hydrogen-bond donors (Lipinski definition) is 1. The highest BCUT2D eigenvalue weighted by atomic mass is 16.5. The Morgan fingerprint density at radius 2 is 1.75 bits per heavy atom. The zero-order valence-corrected chi connectivity index (χ0v) is 11.0. The molecular formula is C12H27N3O. The number of ether oxygens (including phenoxy) is 1. The molecule has 0 bridgehead atoms. The van der Waals surface area contributed by atoms with Crippen molar-refractivity contribution in [3.05, 3.63) is 0 Å². The van der Waals surface area contributed by atoms with Crippen molar-refractivity contribution < 1.29 is 4.74 Å². The van der Waals surface area contributed by atoms with Crippen molar-refractivity contribution in [2.75, 3.05) is 60.5 Å². The average Bonchev–Trinajstić information content (AvgIpc) is 2.28. The summed E-state index contributed by atoms with van der Waals surface area (Å²) in [5, 5.41) is 0. The van der Waals surface area contributed by atoms with Crippen LogP contribution in [0.1, 0.15) is 12.8 Å². The summed E-state index contributed by atoms with van der Waals surface area (Å²) in [6, 6.07) is 0. The first kappa shape index (κ1) is 13.9. The summed E-state index contributed by atoms with van der Waals surface area (Å²) in [4.78, 5) is 4.62. The van der Waals surface area contributed by atoms with E-state index in [1.807, 2.05) is 0 Å². The third kappa shape index (κ3) is 4.37. The van der Waals surface area contributed by atoms with E-state index in [-0.39, 0.29) is 0 Å². The zero-order valence-electron chi connectivity index (χ0n) is 11.0.